The molecule has 0 atom stereocenters. The average molecular weight is 363 g/mol. The number of aromatic nitrogens is 3. The Hall–Kier alpha value is -3.41. The van der Waals surface area contributed by atoms with Crippen molar-refractivity contribution in [2.24, 2.45) is 0 Å². The first-order chi connectivity index (χ1) is 13.0. The molecule has 2 heterocycles. The number of aryl methyl sites for hydroxylation is 1. The van der Waals surface area contributed by atoms with E-state index in [0.717, 1.165) is 22.2 Å². The number of fused-ring (bicyclic) bond motifs is 1. The number of halogens is 1. The third-order valence-electron chi connectivity index (χ3n) is 4.49. The van der Waals surface area contributed by atoms with E-state index in [1.165, 1.54) is 12.1 Å². The second-order valence-electron chi connectivity index (χ2n) is 6.37. The molecule has 6 heteroatoms. The van der Waals surface area contributed by atoms with Gasteiger partial charge in [0, 0.05) is 5.56 Å². The van der Waals surface area contributed by atoms with Crippen LogP contribution >= 0.6 is 0 Å². The van der Waals surface area contributed by atoms with Crippen molar-refractivity contribution >= 4 is 11.0 Å². The van der Waals surface area contributed by atoms with E-state index in [4.69, 9.17) is 9.72 Å². The molecule has 4 rings (SSSR count). The Balaban J connectivity index is 1.78. The molecule has 0 unspecified atom stereocenters. The number of methoxy groups -OCH3 is 1. The predicted molar refractivity (Wildman–Crippen MR) is 101 cm³/mol. The van der Waals surface area contributed by atoms with Crippen LogP contribution in [0.4, 0.5) is 4.39 Å². The van der Waals surface area contributed by atoms with Gasteiger partial charge in [-0.05, 0) is 54.4 Å². The molecule has 4 aromatic rings. The third-order valence-corrected chi connectivity index (χ3v) is 4.49. The van der Waals surface area contributed by atoms with Crippen LogP contribution in [0.25, 0.3) is 22.3 Å². The van der Waals surface area contributed by atoms with Gasteiger partial charge in [0.05, 0.1) is 31.1 Å². The minimum atomic E-state index is -0.258. The summed E-state index contributed by atoms with van der Waals surface area (Å²) >= 11 is 0. The number of rotatable bonds is 4. The summed E-state index contributed by atoms with van der Waals surface area (Å²) in [5.41, 5.74) is 5.04. The number of pyridine rings is 1. The van der Waals surface area contributed by atoms with Gasteiger partial charge >= 0.3 is 0 Å². The SMILES string of the molecule is COc1ccc(O)cc1-c1cc(C)c2c(cnn2Cc2ccc(F)cc2)n1. The van der Waals surface area contributed by atoms with Crippen LogP contribution < -0.4 is 4.74 Å². The fraction of sp³-hybridized carbons (Fsp3) is 0.143. The van der Waals surface area contributed by atoms with Crippen LogP contribution in [-0.2, 0) is 6.54 Å². The van der Waals surface area contributed by atoms with Crippen molar-refractivity contribution < 1.29 is 14.2 Å². The van der Waals surface area contributed by atoms with Crippen LogP contribution in [0, 0.1) is 12.7 Å². The summed E-state index contributed by atoms with van der Waals surface area (Å²) in [7, 11) is 1.59. The molecule has 0 amide bonds. The number of ether oxygens (including phenoxy) is 1. The Kier molecular flexibility index (Phi) is 4.24. The molecule has 1 N–H and O–H groups in total. The van der Waals surface area contributed by atoms with Crippen molar-refractivity contribution in [2.45, 2.75) is 13.5 Å². The minimum absolute atomic E-state index is 0.150. The molecule has 0 saturated carbocycles. The van der Waals surface area contributed by atoms with Gasteiger partial charge in [0.2, 0.25) is 0 Å². The van der Waals surface area contributed by atoms with Crippen molar-refractivity contribution in [1.29, 1.82) is 0 Å². The molecule has 0 saturated heterocycles. The lowest BCUT2D eigenvalue weighted by atomic mass is 10.1. The highest BCUT2D eigenvalue weighted by Crippen LogP contribution is 2.34. The first kappa shape index (κ1) is 17.0. The average Bonchev–Trinajstić information content (AvgIpc) is 3.07. The second kappa shape index (κ2) is 6.72. The molecular weight excluding hydrogens is 345 g/mol. The van der Waals surface area contributed by atoms with Crippen LogP contribution in [-0.4, -0.2) is 27.0 Å². The Bertz CT molecular complexity index is 1120. The zero-order valence-corrected chi connectivity index (χ0v) is 15.0. The highest BCUT2D eigenvalue weighted by molar-refractivity contribution is 5.83. The number of nitrogens with zero attached hydrogens (tertiary/aromatic N) is 3. The summed E-state index contributed by atoms with van der Waals surface area (Å²) in [6.07, 6.45) is 1.71. The van der Waals surface area contributed by atoms with E-state index in [1.54, 1.807) is 43.6 Å². The predicted octanol–water partition coefficient (Wildman–Crippen LogP) is 4.31. The van der Waals surface area contributed by atoms with Crippen molar-refractivity contribution in [3.05, 3.63) is 71.7 Å². The summed E-state index contributed by atoms with van der Waals surface area (Å²) in [5.74, 6) is 0.529. The molecule has 5 nitrogen and oxygen atoms in total. The minimum Gasteiger partial charge on any atom is -0.508 e. The van der Waals surface area contributed by atoms with Crippen molar-refractivity contribution in [2.75, 3.05) is 7.11 Å². The van der Waals surface area contributed by atoms with Gasteiger partial charge in [-0.3, -0.25) is 4.68 Å². The molecule has 2 aromatic carbocycles. The lowest BCUT2D eigenvalue weighted by Gasteiger charge is -2.11. The highest BCUT2D eigenvalue weighted by Gasteiger charge is 2.14. The Labute approximate surface area is 155 Å². The molecule has 0 bridgehead atoms. The lowest BCUT2D eigenvalue weighted by Crippen LogP contribution is -2.03. The van der Waals surface area contributed by atoms with Gasteiger partial charge in [0.25, 0.3) is 0 Å². The van der Waals surface area contributed by atoms with Crippen LogP contribution in [0.3, 0.4) is 0 Å². The van der Waals surface area contributed by atoms with Gasteiger partial charge in [0.1, 0.15) is 22.8 Å². The van der Waals surface area contributed by atoms with E-state index in [0.29, 0.717) is 23.6 Å². The maximum Gasteiger partial charge on any atom is 0.128 e. The summed E-state index contributed by atoms with van der Waals surface area (Å²) in [6.45, 7) is 2.52. The van der Waals surface area contributed by atoms with E-state index >= 15 is 0 Å². The van der Waals surface area contributed by atoms with E-state index in [2.05, 4.69) is 5.10 Å². The highest BCUT2D eigenvalue weighted by atomic mass is 19.1. The summed E-state index contributed by atoms with van der Waals surface area (Å²) in [5, 5.41) is 14.3. The molecule has 0 aliphatic heterocycles. The number of phenols is 1. The van der Waals surface area contributed by atoms with E-state index < -0.39 is 0 Å². The first-order valence-electron chi connectivity index (χ1n) is 8.50. The van der Waals surface area contributed by atoms with Gasteiger partial charge in [-0.25, -0.2) is 9.37 Å². The van der Waals surface area contributed by atoms with Crippen molar-refractivity contribution in [3.8, 4) is 22.8 Å². The molecule has 136 valence electrons. The summed E-state index contributed by atoms with van der Waals surface area (Å²) in [6, 6.07) is 13.3. The van der Waals surface area contributed by atoms with Crippen molar-refractivity contribution in [3.63, 3.8) is 0 Å². The molecule has 0 aliphatic rings. The lowest BCUT2D eigenvalue weighted by molar-refractivity contribution is 0.414. The van der Waals surface area contributed by atoms with E-state index in [1.807, 2.05) is 17.7 Å². The van der Waals surface area contributed by atoms with Crippen LogP contribution in [0.15, 0.2) is 54.7 Å². The van der Waals surface area contributed by atoms with Gasteiger partial charge in [0.15, 0.2) is 0 Å². The summed E-state index contributed by atoms with van der Waals surface area (Å²) < 4.78 is 20.4. The smallest absolute Gasteiger partial charge is 0.128 e. The normalized spacial score (nSPS) is 11.1. The van der Waals surface area contributed by atoms with Gasteiger partial charge < -0.3 is 9.84 Å². The van der Waals surface area contributed by atoms with Crippen LogP contribution in [0.1, 0.15) is 11.1 Å². The first-order valence-corrected chi connectivity index (χ1v) is 8.50. The van der Waals surface area contributed by atoms with Gasteiger partial charge in [-0.15, -0.1) is 0 Å². The second-order valence-corrected chi connectivity index (χ2v) is 6.37. The maximum atomic E-state index is 13.1. The molecule has 0 fully saturated rings. The fourth-order valence-electron chi connectivity index (χ4n) is 3.22. The molecule has 2 aromatic heterocycles. The Morgan fingerprint density at radius 2 is 1.89 bits per heavy atom. The largest absolute Gasteiger partial charge is 0.508 e. The standard InChI is InChI=1S/C21H18FN3O2/c1-13-9-18(17-10-16(26)7-8-20(17)27-2)24-19-11-23-25(21(13)19)12-14-3-5-15(22)6-4-14/h3-11,26H,12H2,1-2H3. The van der Waals surface area contributed by atoms with Crippen LogP contribution in [0.2, 0.25) is 0 Å². The number of hydrogen-bond donors (Lipinski definition) is 1. The molecule has 0 radical (unpaired) electrons. The van der Waals surface area contributed by atoms with Gasteiger partial charge in [-0.1, -0.05) is 12.1 Å². The van der Waals surface area contributed by atoms with Crippen molar-refractivity contribution in [1.82, 2.24) is 14.8 Å². The topological polar surface area (TPSA) is 60.2 Å². The Morgan fingerprint density at radius 3 is 2.63 bits per heavy atom. The zero-order valence-electron chi connectivity index (χ0n) is 15.0. The number of benzene rings is 2. The van der Waals surface area contributed by atoms with Gasteiger partial charge in [-0.2, -0.15) is 5.10 Å². The van der Waals surface area contributed by atoms with E-state index in [9.17, 15) is 9.50 Å². The quantitative estimate of drug-likeness (QED) is 0.587. The van der Waals surface area contributed by atoms with Crippen LogP contribution in [0.5, 0.6) is 11.5 Å². The Morgan fingerprint density at radius 1 is 1.11 bits per heavy atom. The third kappa shape index (κ3) is 3.21. The number of phenolic OH excluding ortho intramolecular Hbond substituents is 1. The fourth-order valence-corrected chi connectivity index (χ4v) is 3.22. The maximum absolute atomic E-state index is 13.1. The molecular formula is C21H18FN3O2. The number of hydrogen-bond acceptors (Lipinski definition) is 4. The molecule has 0 spiro atoms. The molecule has 0 aliphatic carbocycles. The molecule has 27 heavy (non-hydrogen) atoms. The monoisotopic (exact) mass is 363 g/mol. The zero-order chi connectivity index (χ0) is 19.0. The van der Waals surface area contributed by atoms with E-state index in [-0.39, 0.29) is 11.6 Å². The summed E-state index contributed by atoms with van der Waals surface area (Å²) in [4.78, 5) is 4.70. The number of aromatic hydroxyl groups is 1.